The van der Waals surface area contributed by atoms with Crippen molar-refractivity contribution in [3.63, 3.8) is 0 Å². The van der Waals surface area contributed by atoms with Crippen LogP contribution in [0.2, 0.25) is 0 Å². The summed E-state index contributed by atoms with van der Waals surface area (Å²) in [6.07, 6.45) is 4.54. The first-order valence-electron chi connectivity index (χ1n) is 8.57. The lowest BCUT2D eigenvalue weighted by molar-refractivity contribution is -0.125. The Kier molecular flexibility index (Phi) is 5.85. The zero-order valence-electron chi connectivity index (χ0n) is 14.6. The average Bonchev–Trinajstić information content (AvgIpc) is 2.81. The van der Waals surface area contributed by atoms with Crippen LogP contribution in [-0.4, -0.2) is 29.1 Å². The zero-order valence-corrected chi connectivity index (χ0v) is 14.6. The van der Waals surface area contributed by atoms with Gasteiger partial charge in [0.2, 0.25) is 0 Å². The van der Waals surface area contributed by atoms with Gasteiger partial charge in [-0.25, -0.2) is 4.79 Å². The van der Waals surface area contributed by atoms with Crippen molar-refractivity contribution in [3.8, 4) is 0 Å². The van der Waals surface area contributed by atoms with E-state index in [9.17, 15) is 9.59 Å². The summed E-state index contributed by atoms with van der Waals surface area (Å²) >= 11 is 0. The molecular formula is C18H28N2O3. The molecule has 5 heteroatoms. The molecule has 1 aromatic heterocycles. The first-order valence-corrected chi connectivity index (χ1v) is 8.57. The Balaban J connectivity index is 1.87. The molecule has 1 aliphatic rings. The minimum absolute atomic E-state index is 0.207. The third kappa shape index (κ3) is 4.15. The van der Waals surface area contributed by atoms with Crippen LogP contribution in [0.3, 0.4) is 0 Å². The smallest absolute Gasteiger partial charge is 0.340 e. The maximum absolute atomic E-state index is 12.2. The molecule has 0 unspecified atom stereocenters. The van der Waals surface area contributed by atoms with Crippen LogP contribution in [0.25, 0.3) is 0 Å². The molecule has 2 rings (SSSR count). The van der Waals surface area contributed by atoms with Gasteiger partial charge in [-0.2, -0.15) is 0 Å². The van der Waals surface area contributed by atoms with Gasteiger partial charge in [-0.05, 0) is 45.6 Å². The van der Waals surface area contributed by atoms with Gasteiger partial charge < -0.3 is 14.6 Å². The summed E-state index contributed by atoms with van der Waals surface area (Å²) in [5, 5.41) is 3.00. The number of ether oxygens (including phenoxy) is 1. The molecule has 0 aliphatic heterocycles. The largest absolute Gasteiger partial charge is 0.452 e. The summed E-state index contributed by atoms with van der Waals surface area (Å²) < 4.78 is 7.25. The van der Waals surface area contributed by atoms with Crippen molar-refractivity contribution in [2.24, 2.45) is 5.92 Å². The van der Waals surface area contributed by atoms with Gasteiger partial charge >= 0.3 is 5.97 Å². The van der Waals surface area contributed by atoms with Gasteiger partial charge in [0.1, 0.15) is 0 Å². The number of aromatic nitrogens is 1. The van der Waals surface area contributed by atoms with E-state index < -0.39 is 5.97 Å². The second-order valence-corrected chi connectivity index (χ2v) is 6.54. The number of esters is 1. The number of nitrogens with zero attached hydrogens (tertiary/aromatic N) is 1. The molecule has 1 saturated carbocycles. The molecule has 1 fully saturated rings. The van der Waals surface area contributed by atoms with Gasteiger partial charge in [0, 0.05) is 24.0 Å². The Morgan fingerprint density at radius 2 is 2.00 bits per heavy atom. The fourth-order valence-corrected chi connectivity index (χ4v) is 3.48. The zero-order chi connectivity index (χ0) is 17.0. The van der Waals surface area contributed by atoms with E-state index >= 15 is 0 Å². The first-order chi connectivity index (χ1) is 10.9. The molecule has 0 spiro atoms. The normalized spacial score (nSPS) is 21.0. The molecule has 128 valence electrons. The summed E-state index contributed by atoms with van der Waals surface area (Å²) in [6.45, 7) is 8.66. The lowest BCUT2D eigenvalue weighted by Crippen LogP contribution is -2.42. The lowest BCUT2D eigenvalue weighted by Gasteiger charge is -2.29. The molecule has 0 radical (unpaired) electrons. The number of carbonyl (C=O) groups excluding carboxylic acids is 2. The second-order valence-electron chi connectivity index (χ2n) is 6.54. The topological polar surface area (TPSA) is 60.3 Å². The SMILES string of the molecule is CCn1c(C)cc(C(=O)OCC(=O)N[C@H]2CCCC[C@@H]2C)c1C. The highest BCUT2D eigenvalue weighted by atomic mass is 16.5. The number of carbonyl (C=O) groups is 2. The third-order valence-corrected chi connectivity index (χ3v) is 4.90. The molecule has 1 aliphatic carbocycles. The van der Waals surface area contributed by atoms with E-state index in [1.807, 2.05) is 26.8 Å². The minimum atomic E-state index is -0.426. The van der Waals surface area contributed by atoms with E-state index in [1.54, 1.807) is 0 Å². The van der Waals surface area contributed by atoms with Crippen molar-refractivity contribution in [1.29, 1.82) is 0 Å². The Morgan fingerprint density at radius 1 is 1.30 bits per heavy atom. The molecule has 0 bridgehead atoms. The van der Waals surface area contributed by atoms with Crippen LogP contribution in [0.1, 0.15) is 61.3 Å². The maximum Gasteiger partial charge on any atom is 0.340 e. The number of aryl methyl sites for hydroxylation is 1. The van der Waals surface area contributed by atoms with E-state index in [4.69, 9.17) is 4.74 Å². The summed E-state index contributed by atoms with van der Waals surface area (Å²) in [5.41, 5.74) is 2.46. The number of hydrogen-bond acceptors (Lipinski definition) is 3. The molecule has 23 heavy (non-hydrogen) atoms. The van der Waals surface area contributed by atoms with Crippen LogP contribution in [0, 0.1) is 19.8 Å². The number of hydrogen-bond donors (Lipinski definition) is 1. The second kappa shape index (κ2) is 7.66. The Bertz CT molecular complexity index is 577. The van der Waals surface area contributed by atoms with Gasteiger partial charge in [0.15, 0.2) is 6.61 Å². The average molecular weight is 320 g/mol. The highest BCUT2D eigenvalue weighted by molar-refractivity contribution is 5.92. The predicted octanol–water partition coefficient (Wildman–Crippen LogP) is 2.98. The molecule has 1 amide bonds. The van der Waals surface area contributed by atoms with E-state index in [1.165, 1.54) is 6.42 Å². The lowest BCUT2D eigenvalue weighted by atomic mass is 9.86. The third-order valence-electron chi connectivity index (χ3n) is 4.90. The fraction of sp³-hybridized carbons (Fsp3) is 0.667. The fourth-order valence-electron chi connectivity index (χ4n) is 3.48. The van der Waals surface area contributed by atoms with Gasteiger partial charge in [0.25, 0.3) is 5.91 Å². The maximum atomic E-state index is 12.2. The number of amides is 1. The molecule has 0 saturated heterocycles. The molecule has 5 nitrogen and oxygen atoms in total. The van der Waals surface area contributed by atoms with Crippen molar-refractivity contribution in [2.75, 3.05) is 6.61 Å². The van der Waals surface area contributed by atoms with E-state index in [0.717, 1.165) is 37.2 Å². The van der Waals surface area contributed by atoms with Crippen molar-refractivity contribution in [3.05, 3.63) is 23.0 Å². The Labute approximate surface area is 138 Å². The van der Waals surface area contributed by atoms with Crippen molar-refractivity contribution < 1.29 is 14.3 Å². The standard InChI is InChI=1S/C18H28N2O3/c1-5-20-13(3)10-15(14(20)4)18(22)23-11-17(21)19-16-9-7-6-8-12(16)2/h10,12,16H,5-9,11H2,1-4H3,(H,19,21)/t12-,16-/m0/s1. The minimum Gasteiger partial charge on any atom is -0.452 e. The van der Waals surface area contributed by atoms with Crippen LogP contribution >= 0.6 is 0 Å². The van der Waals surface area contributed by atoms with Gasteiger partial charge in [-0.15, -0.1) is 0 Å². The predicted molar refractivity (Wildman–Crippen MR) is 89.4 cm³/mol. The Hall–Kier alpha value is -1.78. The van der Waals surface area contributed by atoms with Crippen molar-refractivity contribution in [2.45, 2.75) is 66.0 Å². The van der Waals surface area contributed by atoms with Gasteiger partial charge in [-0.3, -0.25) is 4.79 Å². The van der Waals surface area contributed by atoms with Crippen LogP contribution in [0.5, 0.6) is 0 Å². The first kappa shape index (κ1) is 17.6. The van der Waals surface area contributed by atoms with E-state index in [0.29, 0.717) is 11.5 Å². The highest BCUT2D eigenvalue weighted by Gasteiger charge is 2.23. The number of rotatable bonds is 5. The molecule has 1 heterocycles. The molecule has 1 N–H and O–H groups in total. The van der Waals surface area contributed by atoms with Gasteiger partial charge in [-0.1, -0.05) is 19.8 Å². The summed E-state index contributed by atoms with van der Waals surface area (Å²) in [7, 11) is 0. The quantitative estimate of drug-likeness (QED) is 0.849. The summed E-state index contributed by atoms with van der Waals surface area (Å²) in [5.74, 6) is -0.141. The number of nitrogens with one attached hydrogen (secondary N) is 1. The van der Waals surface area contributed by atoms with Gasteiger partial charge in [0.05, 0.1) is 5.56 Å². The van der Waals surface area contributed by atoms with Crippen molar-refractivity contribution in [1.82, 2.24) is 9.88 Å². The monoisotopic (exact) mass is 320 g/mol. The summed E-state index contributed by atoms with van der Waals surface area (Å²) in [4.78, 5) is 24.2. The van der Waals surface area contributed by atoms with Crippen LogP contribution in [-0.2, 0) is 16.1 Å². The molecule has 2 atom stereocenters. The van der Waals surface area contributed by atoms with Crippen LogP contribution < -0.4 is 5.32 Å². The van der Waals surface area contributed by atoms with Crippen molar-refractivity contribution >= 4 is 11.9 Å². The van der Waals surface area contributed by atoms with E-state index in [2.05, 4.69) is 16.8 Å². The highest BCUT2D eigenvalue weighted by Crippen LogP contribution is 2.23. The molecule has 0 aromatic carbocycles. The Morgan fingerprint density at radius 3 is 2.61 bits per heavy atom. The molecule has 1 aromatic rings. The van der Waals surface area contributed by atoms with Crippen LogP contribution in [0.4, 0.5) is 0 Å². The van der Waals surface area contributed by atoms with E-state index in [-0.39, 0.29) is 18.6 Å². The molecular weight excluding hydrogens is 292 g/mol. The summed E-state index contributed by atoms with van der Waals surface area (Å²) in [6, 6.07) is 2.03. The van der Waals surface area contributed by atoms with Crippen LogP contribution in [0.15, 0.2) is 6.07 Å².